The zero-order valence-electron chi connectivity index (χ0n) is 31.0. The Bertz CT molecular complexity index is 2460. The maximum Gasteiger partial charge on any atom is 0.337 e. The standard InChI is InChI=1S/C44H38N4O8/c1-52-38-17-32-34(45-21-30-15-27-8-4-6-10-36(27)47(30)42(32)49)19-40(38)55-23-25-12-26(14-29(13-25)44(51)54-3)24-56-41-20-35-33(18-39(41)53-2)43(50)48-31(22-46-35)16-28-9-5-7-11-37(28)48/h4-14,17-21,30-31,46H,15-16,22-24H2,1-3H3/t30-,31-/m0/s1. The minimum atomic E-state index is -0.516. The third-order valence-corrected chi connectivity index (χ3v) is 10.7. The van der Waals surface area contributed by atoms with E-state index in [0.29, 0.717) is 75.2 Å². The van der Waals surface area contributed by atoms with E-state index in [0.717, 1.165) is 28.9 Å². The Kier molecular flexibility index (Phi) is 8.80. The lowest BCUT2D eigenvalue weighted by molar-refractivity contribution is 0.0600. The van der Waals surface area contributed by atoms with Crippen LogP contribution >= 0.6 is 0 Å². The second kappa shape index (κ2) is 14.1. The summed E-state index contributed by atoms with van der Waals surface area (Å²) >= 11 is 0. The lowest BCUT2D eigenvalue weighted by atomic mass is 10.1. The minimum Gasteiger partial charge on any atom is -0.493 e. The Labute approximate surface area is 323 Å². The molecule has 56 heavy (non-hydrogen) atoms. The molecular weight excluding hydrogens is 713 g/mol. The summed E-state index contributed by atoms with van der Waals surface area (Å²) in [4.78, 5) is 48.9. The van der Waals surface area contributed by atoms with Crippen molar-refractivity contribution < 1.29 is 38.1 Å². The number of ether oxygens (including phenoxy) is 5. The number of aliphatic imine (C=N–C) groups is 1. The molecule has 5 aromatic rings. The summed E-state index contributed by atoms with van der Waals surface area (Å²) in [6.45, 7) is 0.708. The average molecular weight is 751 g/mol. The smallest absolute Gasteiger partial charge is 0.337 e. The van der Waals surface area contributed by atoms with Crippen LogP contribution in [0.2, 0.25) is 0 Å². The van der Waals surface area contributed by atoms with E-state index in [-0.39, 0.29) is 37.1 Å². The van der Waals surface area contributed by atoms with Gasteiger partial charge in [0.2, 0.25) is 0 Å². The molecule has 4 aliphatic rings. The zero-order valence-corrected chi connectivity index (χ0v) is 31.0. The van der Waals surface area contributed by atoms with Crippen LogP contribution in [0.25, 0.3) is 0 Å². The number of anilines is 3. The van der Waals surface area contributed by atoms with Crippen molar-refractivity contribution >= 4 is 46.7 Å². The van der Waals surface area contributed by atoms with E-state index in [9.17, 15) is 14.4 Å². The second-order valence-corrected chi connectivity index (χ2v) is 14.1. The monoisotopic (exact) mass is 750 g/mol. The van der Waals surface area contributed by atoms with E-state index in [1.807, 2.05) is 53.4 Å². The van der Waals surface area contributed by atoms with Crippen molar-refractivity contribution in [2.75, 3.05) is 43.0 Å². The molecule has 0 saturated heterocycles. The van der Waals surface area contributed by atoms with Gasteiger partial charge in [-0.3, -0.25) is 19.5 Å². The van der Waals surface area contributed by atoms with Gasteiger partial charge in [-0.05, 0) is 71.1 Å². The first kappa shape index (κ1) is 34.9. The molecule has 12 heteroatoms. The number of nitrogens with one attached hydrogen (secondary N) is 1. The SMILES string of the molecule is COC(=O)c1cc(COc2cc3c(cc2OC)C(=O)N2c4ccccc4C[C@H]2C=N3)cc(COc2cc3c(cc2OC)C(=O)N2c4ccccc4C[C@H]2CN3)c1. The molecule has 4 aliphatic heterocycles. The van der Waals surface area contributed by atoms with E-state index < -0.39 is 5.97 Å². The first-order valence-electron chi connectivity index (χ1n) is 18.3. The summed E-state index contributed by atoms with van der Waals surface area (Å²) in [7, 11) is 4.38. The van der Waals surface area contributed by atoms with Gasteiger partial charge in [0.15, 0.2) is 23.0 Å². The zero-order chi connectivity index (χ0) is 38.5. The van der Waals surface area contributed by atoms with Crippen LogP contribution in [0, 0.1) is 0 Å². The number of amides is 2. The van der Waals surface area contributed by atoms with Gasteiger partial charge in [0.1, 0.15) is 13.2 Å². The molecule has 0 aliphatic carbocycles. The first-order chi connectivity index (χ1) is 27.3. The summed E-state index contributed by atoms with van der Waals surface area (Å²) in [5.74, 6) is 0.822. The van der Waals surface area contributed by atoms with Crippen LogP contribution in [-0.2, 0) is 30.8 Å². The highest BCUT2D eigenvalue weighted by Crippen LogP contribution is 2.43. The number of esters is 1. The van der Waals surface area contributed by atoms with Gasteiger partial charge < -0.3 is 33.9 Å². The van der Waals surface area contributed by atoms with Gasteiger partial charge in [-0.1, -0.05) is 36.4 Å². The Balaban J connectivity index is 0.956. The molecule has 0 fully saturated rings. The topological polar surface area (TPSA) is 128 Å². The molecule has 12 nitrogen and oxygen atoms in total. The second-order valence-electron chi connectivity index (χ2n) is 14.1. The quantitative estimate of drug-likeness (QED) is 0.160. The molecule has 1 N–H and O–H groups in total. The van der Waals surface area contributed by atoms with Crippen LogP contribution in [0.5, 0.6) is 23.0 Å². The van der Waals surface area contributed by atoms with Crippen molar-refractivity contribution in [3.05, 3.63) is 130 Å². The van der Waals surface area contributed by atoms with Gasteiger partial charge in [0, 0.05) is 42.7 Å². The summed E-state index contributed by atoms with van der Waals surface area (Å²) in [6, 6.07) is 27.8. The number of fused-ring (bicyclic) bond motifs is 8. The van der Waals surface area contributed by atoms with Crippen LogP contribution in [0.15, 0.2) is 96.0 Å². The molecule has 2 atom stereocenters. The van der Waals surface area contributed by atoms with E-state index in [2.05, 4.69) is 11.4 Å². The number of methoxy groups -OCH3 is 3. The maximum atomic E-state index is 13.9. The Morgan fingerprint density at radius 2 is 1.32 bits per heavy atom. The molecule has 9 rings (SSSR count). The van der Waals surface area contributed by atoms with Crippen LogP contribution in [-0.4, -0.2) is 64.0 Å². The molecule has 0 aromatic heterocycles. The Morgan fingerprint density at radius 3 is 2.00 bits per heavy atom. The fraction of sp³-hybridized carbons (Fsp3) is 0.227. The molecule has 2 amide bonds. The van der Waals surface area contributed by atoms with E-state index >= 15 is 0 Å². The molecule has 0 bridgehead atoms. The lowest BCUT2D eigenvalue weighted by Crippen LogP contribution is -2.39. The van der Waals surface area contributed by atoms with Gasteiger partial charge in [-0.2, -0.15) is 0 Å². The van der Waals surface area contributed by atoms with Crippen molar-refractivity contribution in [1.29, 1.82) is 0 Å². The minimum absolute atomic E-state index is 0.0128. The first-order valence-corrected chi connectivity index (χ1v) is 18.3. The van der Waals surface area contributed by atoms with E-state index in [4.69, 9.17) is 28.7 Å². The number of hydrogen-bond acceptors (Lipinski definition) is 10. The predicted octanol–water partition coefficient (Wildman–Crippen LogP) is 6.93. The number of hydrogen-bond donors (Lipinski definition) is 1. The van der Waals surface area contributed by atoms with Crippen molar-refractivity contribution in [3.8, 4) is 23.0 Å². The third kappa shape index (κ3) is 6.03. The average Bonchev–Trinajstić information content (AvgIpc) is 3.72. The highest BCUT2D eigenvalue weighted by Gasteiger charge is 2.38. The number of para-hydroxylation sites is 2. The van der Waals surface area contributed by atoms with Crippen LogP contribution in [0.4, 0.5) is 22.7 Å². The van der Waals surface area contributed by atoms with Crippen molar-refractivity contribution in [3.63, 3.8) is 0 Å². The number of carbonyl (C=O) groups excluding carboxylic acids is 3. The molecule has 0 saturated carbocycles. The van der Waals surface area contributed by atoms with Gasteiger partial charge in [0.25, 0.3) is 11.8 Å². The highest BCUT2D eigenvalue weighted by atomic mass is 16.5. The van der Waals surface area contributed by atoms with Crippen LogP contribution in [0.1, 0.15) is 53.3 Å². The molecule has 4 heterocycles. The molecule has 0 spiro atoms. The predicted molar refractivity (Wildman–Crippen MR) is 211 cm³/mol. The fourth-order valence-electron chi connectivity index (χ4n) is 8.09. The van der Waals surface area contributed by atoms with Gasteiger partial charge in [-0.25, -0.2) is 4.79 Å². The van der Waals surface area contributed by atoms with Crippen LogP contribution < -0.4 is 34.1 Å². The van der Waals surface area contributed by atoms with Gasteiger partial charge in [-0.15, -0.1) is 0 Å². The van der Waals surface area contributed by atoms with Crippen molar-refractivity contribution in [2.45, 2.75) is 38.1 Å². The Morgan fingerprint density at radius 1 is 0.714 bits per heavy atom. The van der Waals surface area contributed by atoms with Gasteiger partial charge >= 0.3 is 5.97 Å². The molecule has 0 unspecified atom stereocenters. The Hall–Kier alpha value is -6.82. The molecule has 5 aromatic carbocycles. The third-order valence-electron chi connectivity index (χ3n) is 10.7. The number of nitrogens with zero attached hydrogens (tertiary/aromatic N) is 3. The largest absolute Gasteiger partial charge is 0.493 e. The molecule has 282 valence electrons. The van der Waals surface area contributed by atoms with E-state index in [1.165, 1.54) is 21.3 Å². The molecule has 0 radical (unpaired) electrons. The lowest BCUT2D eigenvalue weighted by Gasteiger charge is -2.22. The number of carbonyl (C=O) groups is 3. The van der Waals surface area contributed by atoms with Crippen molar-refractivity contribution in [2.24, 2.45) is 4.99 Å². The highest BCUT2D eigenvalue weighted by molar-refractivity contribution is 6.15. The van der Waals surface area contributed by atoms with Crippen LogP contribution in [0.3, 0.4) is 0 Å². The summed E-state index contributed by atoms with van der Waals surface area (Å²) in [6.07, 6.45) is 3.27. The molecular formula is C44H38N4O8. The number of benzene rings is 5. The maximum absolute atomic E-state index is 13.9. The normalized spacial score (nSPS) is 17.3. The van der Waals surface area contributed by atoms with Crippen molar-refractivity contribution in [1.82, 2.24) is 0 Å². The van der Waals surface area contributed by atoms with E-state index in [1.54, 1.807) is 47.5 Å². The summed E-state index contributed by atoms with van der Waals surface area (Å²) < 4.78 is 29.1. The summed E-state index contributed by atoms with van der Waals surface area (Å²) in [5.41, 5.74) is 7.76. The summed E-state index contributed by atoms with van der Waals surface area (Å²) in [5, 5.41) is 3.46. The number of rotatable bonds is 9. The fourth-order valence-corrected chi connectivity index (χ4v) is 8.09. The van der Waals surface area contributed by atoms with Gasteiger partial charge in [0.05, 0.1) is 61.5 Å².